The minimum atomic E-state index is -0.447. The molecule has 2 rings (SSSR count). The van der Waals surface area contributed by atoms with Crippen LogP contribution in [0.5, 0.6) is 0 Å². The van der Waals surface area contributed by atoms with Crippen molar-refractivity contribution in [2.45, 2.75) is 32.6 Å². The third-order valence-corrected chi connectivity index (χ3v) is 3.75. The first-order valence-electron chi connectivity index (χ1n) is 7.68. The molecule has 2 aromatic rings. The molecule has 0 fully saturated rings. The van der Waals surface area contributed by atoms with E-state index in [0.29, 0.717) is 6.54 Å². The molecule has 0 saturated carbocycles. The Kier molecular flexibility index (Phi) is 6.18. The molecule has 2 atom stereocenters. The van der Waals surface area contributed by atoms with Crippen LogP contribution in [0.2, 0.25) is 0 Å². The molecule has 23 heavy (non-hydrogen) atoms. The van der Waals surface area contributed by atoms with E-state index in [2.05, 4.69) is 5.32 Å². The summed E-state index contributed by atoms with van der Waals surface area (Å²) in [5.74, 6) is 0. The van der Waals surface area contributed by atoms with E-state index in [1.165, 1.54) is 0 Å². The highest BCUT2D eigenvalue weighted by Gasteiger charge is 2.23. The summed E-state index contributed by atoms with van der Waals surface area (Å²) in [6, 6.07) is 17.7. The van der Waals surface area contributed by atoms with Crippen molar-refractivity contribution in [3.63, 3.8) is 0 Å². The number of hydrogen-bond acceptors (Lipinski definition) is 3. The Morgan fingerprint density at radius 1 is 1.09 bits per heavy atom. The van der Waals surface area contributed by atoms with Crippen molar-refractivity contribution in [1.29, 1.82) is 0 Å². The maximum Gasteiger partial charge on any atom is 0.407 e. The van der Waals surface area contributed by atoms with Crippen LogP contribution in [0, 0.1) is 6.92 Å². The summed E-state index contributed by atoms with van der Waals surface area (Å²) in [5, 5.41) is 2.76. The van der Waals surface area contributed by atoms with Crippen molar-refractivity contribution in [2.75, 3.05) is 7.11 Å². The van der Waals surface area contributed by atoms with Crippen molar-refractivity contribution in [3.8, 4) is 0 Å². The average Bonchev–Trinajstić information content (AvgIpc) is 2.56. The van der Waals surface area contributed by atoms with Gasteiger partial charge in [0.15, 0.2) is 0 Å². The lowest BCUT2D eigenvalue weighted by Crippen LogP contribution is -2.31. The first kappa shape index (κ1) is 17.0. The summed E-state index contributed by atoms with van der Waals surface area (Å²) in [7, 11) is 1.62. The van der Waals surface area contributed by atoms with Gasteiger partial charge in [0.1, 0.15) is 12.2 Å². The van der Waals surface area contributed by atoms with Gasteiger partial charge in [-0.1, -0.05) is 54.6 Å². The SMILES string of the molecule is COC(c1ccccc1C)C(C)OC(=O)NCc1ccccc1. The van der Waals surface area contributed by atoms with Gasteiger partial charge in [0.25, 0.3) is 0 Å². The molecule has 122 valence electrons. The van der Waals surface area contributed by atoms with E-state index in [4.69, 9.17) is 9.47 Å². The highest BCUT2D eigenvalue weighted by atomic mass is 16.6. The van der Waals surface area contributed by atoms with Crippen LogP contribution in [0.4, 0.5) is 4.79 Å². The fourth-order valence-electron chi connectivity index (χ4n) is 2.52. The molecule has 0 heterocycles. The lowest BCUT2D eigenvalue weighted by Gasteiger charge is -2.24. The molecule has 0 aliphatic rings. The van der Waals surface area contributed by atoms with Crippen molar-refractivity contribution in [3.05, 3.63) is 71.3 Å². The second-order valence-electron chi connectivity index (χ2n) is 5.46. The van der Waals surface area contributed by atoms with E-state index >= 15 is 0 Å². The van der Waals surface area contributed by atoms with Crippen molar-refractivity contribution in [2.24, 2.45) is 0 Å². The van der Waals surface area contributed by atoms with Gasteiger partial charge >= 0.3 is 6.09 Å². The second-order valence-corrected chi connectivity index (χ2v) is 5.46. The standard InChI is InChI=1S/C19H23NO3/c1-14-9-7-8-12-17(14)18(22-3)15(2)23-19(21)20-13-16-10-5-4-6-11-16/h4-12,15,18H,13H2,1-3H3,(H,20,21). The number of alkyl carbamates (subject to hydrolysis) is 1. The van der Waals surface area contributed by atoms with Crippen molar-refractivity contribution in [1.82, 2.24) is 5.32 Å². The zero-order chi connectivity index (χ0) is 16.7. The summed E-state index contributed by atoms with van der Waals surface area (Å²) in [6.07, 6.45) is -1.13. The number of hydrogen-bond donors (Lipinski definition) is 1. The van der Waals surface area contributed by atoms with E-state index in [1.54, 1.807) is 7.11 Å². The van der Waals surface area contributed by atoms with Crippen LogP contribution >= 0.6 is 0 Å². The van der Waals surface area contributed by atoms with Crippen LogP contribution < -0.4 is 5.32 Å². The Morgan fingerprint density at radius 2 is 1.74 bits per heavy atom. The molecule has 2 unspecified atom stereocenters. The number of ether oxygens (including phenoxy) is 2. The second kappa shape index (κ2) is 8.34. The normalized spacial score (nSPS) is 13.2. The summed E-state index contributed by atoms with van der Waals surface area (Å²) in [4.78, 5) is 12.0. The number of amides is 1. The van der Waals surface area contributed by atoms with Gasteiger partial charge in [-0.25, -0.2) is 4.79 Å². The van der Waals surface area contributed by atoms with Gasteiger partial charge in [0.05, 0.1) is 0 Å². The number of aryl methyl sites for hydroxylation is 1. The zero-order valence-electron chi connectivity index (χ0n) is 13.8. The lowest BCUT2D eigenvalue weighted by molar-refractivity contribution is -0.0152. The molecular formula is C19H23NO3. The quantitative estimate of drug-likeness (QED) is 0.877. The van der Waals surface area contributed by atoms with Gasteiger partial charge in [0, 0.05) is 13.7 Å². The van der Waals surface area contributed by atoms with Gasteiger partial charge in [-0.3, -0.25) is 0 Å². The Bertz CT molecular complexity index is 628. The Morgan fingerprint density at radius 3 is 2.39 bits per heavy atom. The fraction of sp³-hybridized carbons (Fsp3) is 0.316. The fourth-order valence-corrected chi connectivity index (χ4v) is 2.52. The third kappa shape index (κ3) is 4.83. The molecule has 0 aliphatic heterocycles. The minimum absolute atomic E-state index is 0.293. The molecule has 0 radical (unpaired) electrons. The van der Waals surface area contributed by atoms with Crippen molar-refractivity contribution >= 4 is 6.09 Å². The smallest absolute Gasteiger partial charge is 0.407 e. The monoisotopic (exact) mass is 313 g/mol. The summed E-state index contributed by atoms with van der Waals surface area (Å²) >= 11 is 0. The largest absolute Gasteiger partial charge is 0.443 e. The summed E-state index contributed by atoms with van der Waals surface area (Å²) < 4.78 is 11.0. The molecule has 0 bridgehead atoms. The van der Waals surface area contributed by atoms with Crippen LogP contribution in [0.15, 0.2) is 54.6 Å². The number of carbonyl (C=O) groups excluding carboxylic acids is 1. The van der Waals surface area contributed by atoms with E-state index in [-0.39, 0.29) is 6.10 Å². The Labute approximate surface area is 137 Å². The Balaban J connectivity index is 1.92. The molecule has 0 saturated heterocycles. The minimum Gasteiger partial charge on any atom is -0.443 e. The van der Waals surface area contributed by atoms with Crippen molar-refractivity contribution < 1.29 is 14.3 Å². The number of nitrogens with one attached hydrogen (secondary N) is 1. The lowest BCUT2D eigenvalue weighted by atomic mass is 10.00. The number of rotatable bonds is 6. The molecule has 4 heteroatoms. The molecule has 1 amide bonds. The van der Waals surface area contributed by atoms with Gasteiger partial charge in [0.2, 0.25) is 0 Å². The van der Waals surface area contributed by atoms with Crippen LogP contribution in [0.1, 0.15) is 29.7 Å². The predicted octanol–water partition coefficient (Wildman–Crippen LogP) is 4.00. The van der Waals surface area contributed by atoms with Crippen LogP contribution in [0.3, 0.4) is 0 Å². The third-order valence-electron chi connectivity index (χ3n) is 3.75. The number of carbonyl (C=O) groups is 1. The van der Waals surface area contributed by atoms with Gasteiger partial charge < -0.3 is 14.8 Å². The number of methoxy groups -OCH3 is 1. The molecule has 0 aliphatic carbocycles. The highest BCUT2D eigenvalue weighted by Crippen LogP contribution is 2.25. The predicted molar refractivity (Wildman–Crippen MR) is 90.2 cm³/mol. The van der Waals surface area contributed by atoms with Crippen LogP contribution in [0.25, 0.3) is 0 Å². The molecule has 0 spiro atoms. The van der Waals surface area contributed by atoms with E-state index < -0.39 is 12.2 Å². The van der Waals surface area contributed by atoms with Gasteiger partial charge in [-0.2, -0.15) is 0 Å². The first-order chi connectivity index (χ1) is 11.1. The molecule has 1 N–H and O–H groups in total. The summed E-state index contributed by atoms with van der Waals surface area (Å²) in [5.41, 5.74) is 3.16. The van der Waals surface area contributed by atoms with E-state index in [1.807, 2.05) is 68.4 Å². The van der Waals surface area contributed by atoms with E-state index in [9.17, 15) is 4.79 Å². The van der Waals surface area contributed by atoms with Crippen LogP contribution in [-0.2, 0) is 16.0 Å². The maximum atomic E-state index is 12.0. The van der Waals surface area contributed by atoms with Gasteiger partial charge in [-0.15, -0.1) is 0 Å². The van der Waals surface area contributed by atoms with E-state index in [0.717, 1.165) is 16.7 Å². The number of benzene rings is 2. The molecule has 2 aromatic carbocycles. The molecular weight excluding hydrogens is 290 g/mol. The Hall–Kier alpha value is -2.33. The van der Waals surface area contributed by atoms with Gasteiger partial charge in [-0.05, 0) is 30.5 Å². The average molecular weight is 313 g/mol. The highest BCUT2D eigenvalue weighted by molar-refractivity contribution is 5.67. The zero-order valence-corrected chi connectivity index (χ0v) is 13.8. The summed E-state index contributed by atoms with van der Waals surface area (Å²) in [6.45, 7) is 4.29. The maximum absolute atomic E-state index is 12.0. The molecule has 4 nitrogen and oxygen atoms in total. The van der Waals surface area contributed by atoms with Crippen LogP contribution in [-0.4, -0.2) is 19.3 Å². The molecule has 0 aromatic heterocycles. The first-order valence-corrected chi connectivity index (χ1v) is 7.68. The topological polar surface area (TPSA) is 47.6 Å².